The van der Waals surface area contributed by atoms with E-state index in [1.165, 1.54) is 0 Å². The highest BCUT2D eigenvalue weighted by Gasteiger charge is 2.57. The summed E-state index contributed by atoms with van der Waals surface area (Å²) < 4.78 is 51.4. The highest BCUT2D eigenvalue weighted by Crippen LogP contribution is 2.58. The SMILES string of the molecule is CNc1nc(N)nc2c1ncn2[C@@H]1O[C@](Cl)(COP(=O)(O)OP(=O)(O)O)[C@@H](O)[C@H]1F. The Balaban J connectivity index is 1.87. The fourth-order valence-corrected chi connectivity index (χ4v) is 4.64. The monoisotopic (exact) mass is 492 g/mol. The van der Waals surface area contributed by atoms with E-state index in [9.17, 15) is 23.5 Å². The Bertz CT molecular complexity index is 1050. The molecule has 0 radical (unpaired) electrons. The molecule has 0 saturated carbocycles. The van der Waals surface area contributed by atoms with Gasteiger partial charge in [-0.25, -0.2) is 18.5 Å². The fourth-order valence-electron chi connectivity index (χ4n) is 2.68. The normalized spacial score (nSPS) is 29.2. The van der Waals surface area contributed by atoms with Crippen LogP contribution in [-0.4, -0.2) is 70.3 Å². The first-order valence-electron chi connectivity index (χ1n) is 7.87. The summed E-state index contributed by atoms with van der Waals surface area (Å²) in [6.07, 6.45) is -4.79. The van der Waals surface area contributed by atoms with Crippen LogP contribution in [0.1, 0.15) is 6.23 Å². The second-order valence-corrected chi connectivity index (χ2v) is 9.47. The van der Waals surface area contributed by atoms with Crippen molar-refractivity contribution in [3.8, 4) is 0 Å². The van der Waals surface area contributed by atoms with E-state index in [4.69, 9.17) is 31.9 Å². The number of phosphoric acid groups is 2. The minimum absolute atomic E-state index is 0.0335. The lowest BCUT2D eigenvalue weighted by molar-refractivity contribution is -0.0723. The number of nitrogens with one attached hydrogen (secondary N) is 1. The van der Waals surface area contributed by atoms with Crippen molar-refractivity contribution in [2.45, 2.75) is 23.6 Å². The number of imidazole rings is 1. The van der Waals surface area contributed by atoms with Crippen LogP contribution in [0.3, 0.4) is 0 Å². The third-order valence-corrected chi connectivity index (χ3v) is 6.47. The summed E-state index contributed by atoms with van der Waals surface area (Å²) in [4.78, 5) is 38.4. The quantitative estimate of drug-likeness (QED) is 0.218. The van der Waals surface area contributed by atoms with Gasteiger partial charge in [0, 0.05) is 7.05 Å². The van der Waals surface area contributed by atoms with Crippen molar-refractivity contribution < 1.29 is 46.9 Å². The molecule has 5 atom stereocenters. The number of phosphoric ester groups is 1. The summed E-state index contributed by atoms with van der Waals surface area (Å²) in [5, 5.41) is 10.5. The molecule has 0 aliphatic carbocycles. The van der Waals surface area contributed by atoms with E-state index < -0.39 is 45.8 Å². The minimum Gasteiger partial charge on any atom is -0.385 e. The van der Waals surface area contributed by atoms with Crippen LogP contribution in [0.15, 0.2) is 6.33 Å². The van der Waals surface area contributed by atoms with E-state index in [1.54, 1.807) is 7.05 Å². The lowest BCUT2D eigenvalue weighted by atomic mass is 10.1. The molecule has 0 spiro atoms. The number of alkyl halides is 2. The highest BCUT2D eigenvalue weighted by atomic mass is 35.5. The molecule has 1 unspecified atom stereocenters. The number of halogens is 2. The molecule has 2 aromatic rings. The Morgan fingerprint density at radius 2 is 2.10 bits per heavy atom. The number of rotatable bonds is 7. The maximum Gasteiger partial charge on any atom is 0.481 e. The Labute approximate surface area is 171 Å². The standard InChI is InChI=1S/C11H16ClFN6O9P2/c1-15-7-5-8(18-10(14)17-7)19(3-16-5)9-4(13)6(20)11(12,27-9)2-26-30(24,25)28-29(21,22)23/h3-4,6,9,20H,2H2,1H3,(H,24,25)(H2,21,22,23)(H3,14,15,17,18)/t4-,6+,9-,11-/m1/s1. The van der Waals surface area contributed by atoms with Gasteiger partial charge in [-0.2, -0.15) is 14.3 Å². The van der Waals surface area contributed by atoms with E-state index >= 15 is 0 Å². The first kappa shape index (κ1) is 23.2. The first-order valence-corrected chi connectivity index (χ1v) is 11.3. The third kappa shape index (κ3) is 4.57. The average Bonchev–Trinajstić information content (AvgIpc) is 3.12. The minimum atomic E-state index is -5.39. The molecule has 2 aromatic heterocycles. The molecular formula is C11H16ClFN6O9P2. The predicted octanol–water partition coefficient (Wildman–Crippen LogP) is -0.161. The average molecular weight is 493 g/mol. The number of nitrogen functional groups attached to an aromatic ring is 1. The molecule has 15 nitrogen and oxygen atoms in total. The number of hydrogen-bond donors (Lipinski definition) is 6. The highest BCUT2D eigenvalue weighted by molar-refractivity contribution is 7.60. The molecule has 7 N–H and O–H groups in total. The summed E-state index contributed by atoms with van der Waals surface area (Å²) in [6, 6.07) is 0. The molecule has 30 heavy (non-hydrogen) atoms. The molecule has 1 saturated heterocycles. The van der Waals surface area contributed by atoms with Crippen LogP contribution < -0.4 is 11.1 Å². The van der Waals surface area contributed by atoms with E-state index in [0.29, 0.717) is 0 Å². The molecule has 19 heteroatoms. The molecule has 1 aliphatic heterocycles. The van der Waals surface area contributed by atoms with Crippen LogP contribution in [0.2, 0.25) is 0 Å². The number of aliphatic hydroxyl groups excluding tert-OH is 1. The van der Waals surface area contributed by atoms with Gasteiger partial charge in [0.25, 0.3) is 0 Å². The summed E-state index contributed by atoms with van der Waals surface area (Å²) >= 11 is 6.02. The van der Waals surface area contributed by atoms with Gasteiger partial charge in [0.05, 0.1) is 6.33 Å². The Kier molecular flexibility index (Phi) is 6.12. The van der Waals surface area contributed by atoms with Crippen LogP contribution >= 0.6 is 27.2 Å². The lowest BCUT2D eigenvalue weighted by Gasteiger charge is -2.25. The molecule has 1 aliphatic rings. The Morgan fingerprint density at radius 3 is 2.70 bits per heavy atom. The first-order chi connectivity index (χ1) is 13.8. The number of aromatic nitrogens is 4. The van der Waals surface area contributed by atoms with Crippen molar-refractivity contribution in [1.82, 2.24) is 19.5 Å². The van der Waals surface area contributed by atoms with E-state index in [0.717, 1.165) is 10.9 Å². The van der Waals surface area contributed by atoms with Crippen molar-refractivity contribution >= 4 is 50.2 Å². The summed E-state index contributed by atoms with van der Waals surface area (Å²) in [5.41, 5.74) is 5.86. The second kappa shape index (κ2) is 7.91. The van der Waals surface area contributed by atoms with Gasteiger partial charge in [-0.05, 0) is 0 Å². The zero-order chi connectivity index (χ0) is 22.5. The van der Waals surface area contributed by atoms with Gasteiger partial charge in [-0.1, -0.05) is 11.6 Å². The van der Waals surface area contributed by atoms with Crippen molar-refractivity contribution in [1.29, 1.82) is 0 Å². The maximum absolute atomic E-state index is 14.8. The number of nitrogens with zero attached hydrogens (tertiary/aromatic N) is 4. The number of fused-ring (bicyclic) bond motifs is 1. The van der Waals surface area contributed by atoms with Crippen molar-refractivity contribution in [3.63, 3.8) is 0 Å². The van der Waals surface area contributed by atoms with Gasteiger partial charge in [0.15, 0.2) is 34.4 Å². The summed E-state index contributed by atoms with van der Waals surface area (Å²) in [6.45, 7) is -1.17. The molecule has 0 aromatic carbocycles. The summed E-state index contributed by atoms with van der Waals surface area (Å²) in [5.74, 6) is 0.0697. The van der Waals surface area contributed by atoms with Crippen LogP contribution in [0.4, 0.5) is 16.2 Å². The van der Waals surface area contributed by atoms with Gasteiger partial charge in [-0.15, -0.1) is 0 Å². The van der Waals surface area contributed by atoms with E-state index in [-0.39, 0.29) is 22.9 Å². The Morgan fingerprint density at radius 1 is 1.43 bits per heavy atom. The number of aliphatic hydroxyl groups is 1. The molecular weight excluding hydrogens is 477 g/mol. The second-order valence-electron chi connectivity index (χ2n) is 6.00. The zero-order valence-electron chi connectivity index (χ0n) is 14.9. The van der Waals surface area contributed by atoms with Gasteiger partial charge in [0.1, 0.15) is 12.7 Å². The smallest absolute Gasteiger partial charge is 0.385 e. The van der Waals surface area contributed by atoms with E-state index in [2.05, 4.69) is 29.1 Å². The molecule has 0 bridgehead atoms. The van der Waals surface area contributed by atoms with Crippen LogP contribution in [0.5, 0.6) is 0 Å². The molecule has 168 valence electrons. The molecule has 3 heterocycles. The van der Waals surface area contributed by atoms with Crippen molar-refractivity contribution in [2.24, 2.45) is 0 Å². The molecule has 1 fully saturated rings. The Hall–Kier alpha value is -1.45. The number of hydrogen-bond acceptors (Lipinski definition) is 11. The topological polar surface area (TPSA) is 224 Å². The van der Waals surface area contributed by atoms with Gasteiger partial charge >= 0.3 is 15.6 Å². The lowest BCUT2D eigenvalue weighted by Crippen LogP contribution is -2.40. The largest absolute Gasteiger partial charge is 0.481 e. The van der Waals surface area contributed by atoms with Crippen molar-refractivity contribution in [3.05, 3.63) is 6.33 Å². The zero-order valence-corrected chi connectivity index (χ0v) is 17.4. The van der Waals surface area contributed by atoms with Crippen LogP contribution in [-0.2, 0) is 22.7 Å². The number of ether oxygens (including phenoxy) is 1. The van der Waals surface area contributed by atoms with Crippen LogP contribution in [0.25, 0.3) is 11.2 Å². The summed E-state index contributed by atoms with van der Waals surface area (Å²) in [7, 11) is -9.17. The van der Waals surface area contributed by atoms with Gasteiger partial charge in [0.2, 0.25) is 5.95 Å². The van der Waals surface area contributed by atoms with Gasteiger partial charge < -0.3 is 35.6 Å². The number of anilines is 2. The fraction of sp³-hybridized carbons (Fsp3) is 0.545. The van der Waals surface area contributed by atoms with Crippen molar-refractivity contribution in [2.75, 3.05) is 24.7 Å². The maximum atomic E-state index is 14.8. The van der Waals surface area contributed by atoms with E-state index in [1.807, 2.05) is 0 Å². The molecule has 3 rings (SSSR count). The predicted molar refractivity (Wildman–Crippen MR) is 97.8 cm³/mol. The van der Waals surface area contributed by atoms with Crippen LogP contribution in [0, 0.1) is 0 Å². The van der Waals surface area contributed by atoms with Gasteiger partial charge in [-0.3, -0.25) is 9.09 Å². The molecule has 0 amide bonds. The number of nitrogens with two attached hydrogens (primary N) is 1. The third-order valence-electron chi connectivity index (χ3n) is 3.92.